The molecule has 2 nitrogen and oxygen atoms in total. The van der Waals surface area contributed by atoms with E-state index in [0.29, 0.717) is 6.42 Å². The molecule has 0 radical (unpaired) electrons. The Balaban J connectivity index is 4.10. The second-order valence-corrected chi connectivity index (χ2v) is 10.7. The van der Waals surface area contributed by atoms with Gasteiger partial charge in [0, 0.05) is 18.4 Å². The highest BCUT2D eigenvalue weighted by Crippen LogP contribution is 2.19. The fourth-order valence-electron chi connectivity index (χ4n) is 2.37. The van der Waals surface area contributed by atoms with Crippen molar-refractivity contribution in [3.05, 3.63) is 11.1 Å². The van der Waals surface area contributed by atoms with Crippen molar-refractivity contribution in [2.24, 2.45) is 0 Å². The number of aliphatic carboxylic acids is 1. The molecule has 0 atom stereocenters. The third-order valence-electron chi connectivity index (χ3n) is 4.23. The Hall–Kier alpha value is -0.723. The maximum atomic E-state index is 10.5. The highest BCUT2D eigenvalue weighted by atomic mass is 35.5. The van der Waals surface area contributed by atoms with Gasteiger partial charge in [-0.05, 0) is 43.8 Å². The summed E-state index contributed by atoms with van der Waals surface area (Å²) in [5.41, 5.74) is 6.34. The molecule has 1 N–H and O–H groups in total. The van der Waals surface area contributed by atoms with Gasteiger partial charge in [-0.1, -0.05) is 37.9 Å². The third kappa shape index (κ3) is 9.01. The molecule has 0 amide bonds. The van der Waals surface area contributed by atoms with Gasteiger partial charge in [-0.15, -0.1) is 11.5 Å². The lowest BCUT2D eigenvalue weighted by Crippen LogP contribution is -2.29. The summed E-state index contributed by atoms with van der Waals surface area (Å²) in [6.07, 6.45) is 4.52. The number of hydrogen-bond donors (Lipinski definition) is 1. The molecule has 0 heterocycles. The smallest absolute Gasteiger partial charge is 0.303 e. The van der Waals surface area contributed by atoms with Crippen LogP contribution in [0.3, 0.4) is 0 Å². The molecule has 0 aromatic rings. The number of rotatable bonds is 10. The number of halogens is 1. The first-order valence-corrected chi connectivity index (χ1v) is 11.1. The largest absolute Gasteiger partial charge is 0.481 e. The summed E-state index contributed by atoms with van der Waals surface area (Å²) >= 11 is 5.80. The van der Waals surface area contributed by atoms with E-state index in [0.717, 1.165) is 31.3 Å². The quantitative estimate of drug-likeness (QED) is 0.322. The minimum Gasteiger partial charge on any atom is -0.481 e. The van der Waals surface area contributed by atoms with Crippen LogP contribution < -0.4 is 0 Å². The molecule has 0 rings (SSSR count). The molecule has 0 spiro atoms. The fourth-order valence-corrected chi connectivity index (χ4v) is 5.12. The number of carboxylic acid groups (broad SMARTS) is 1. The van der Waals surface area contributed by atoms with E-state index in [1.54, 1.807) is 5.54 Å². The van der Waals surface area contributed by atoms with Crippen molar-refractivity contribution in [3.63, 3.8) is 0 Å². The average molecular weight is 329 g/mol. The maximum absolute atomic E-state index is 10.5. The molecular weight excluding hydrogens is 300 g/mol. The van der Waals surface area contributed by atoms with Gasteiger partial charge in [0.1, 0.15) is 8.07 Å². The van der Waals surface area contributed by atoms with Gasteiger partial charge in [-0.3, -0.25) is 4.79 Å². The Morgan fingerprint density at radius 3 is 2.14 bits per heavy atom. The van der Waals surface area contributed by atoms with Gasteiger partial charge >= 0.3 is 5.97 Å². The van der Waals surface area contributed by atoms with Crippen molar-refractivity contribution in [1.82, 2.24) is 0 Å². The van der Waals surface area contributed by atoms with Crippen LogP contribution in [-0.4, -0.2) is 19.1 Å². The average Bonchev–Trinajstić information content (AvgIpc) is 2.49. The molecule has 0 aliphatic carbocycles. The number of unbranched alkanes of at least 4 members (excludes halogenated alkanes) is 1. The van der Waals surface area contributed by atoms with Crippen LogP contribution in [-0.2, 0) is 4.79 Å². The third-order valence-corrected chi connectivity index (χ3v) is 9.30. The van der Waals surface area contributed by atoms with E-state index in [9.17, 15) is 4.79 Å². The molecule has 0 bridgehead atoms. The molecule has 0 aliphatic rings. The summed E-state index contributed by atoms with van der Waals surface area (Å²) in [5, 5.41) is 8.62. The van der Waals surface area contributed by atoms with Gasteiger partial charge in [0.05, 0.1) is 0 Å². The van der Waals surface area contributed by atoms with E-state index in [-0.39, 0.29) is 6.42 Å². The van der Waals surface area contributed by atoms with Crippen LogP contribution in [0, 0.1) is 11.5 Å². The summed E-state index contributed by atoms with van der Waals surface area (Å²) in [6.45, 7) is 6.81. The first-order valence-electron chi connectivity index (χ1n) is 8.03. The molecule has 0 aromatic carbocycles. The van der Waals surface area contributed by atoms with E-state index in [4.69, 9.17) is 16.7 Å². The molecule has 0 aromatic heterocycles. The SMILES string of the molecule is CC[Si](C#CCCC/C(=C\Cl)CCCC(=O)O)(CC)CC. The van der Waals surface area contributed by atoms with Gasteiger partial charge in [0.2, 0.25) is 0 Å². The van der Waals surface area contributed by atoms with Crippen LogP contribution in [0.15, 0.2) is 11.1 Å². The monoisotopic (exact) mass is 328 g/mol. The first-order chi connectivity index (χ1) is 10.0. The predicted molar refractivity (Wildman–Crippen MR) is 94.2 cm³/mol. The van der Waals surface area contributed by atoms with Crippen molar-refractivity contribution >= 4 is 25.6 Å². The van der Waals surface area contributed by atoms with Crippen molar-refractivity contribution in [2.45, 2.75) is 77.4 Å². The summed E-state index contributed by atoms with van der Waals surface area (Å²) in [6, 6.07) is 3.74. The van der Waals surface area contributed by atoms with E-state index < -0.39 is 14.0 Å². The molecule has 0 unspecified atom stereocenters. The zero-order chi connectivity index (χ0) is 16.1. The Kier molecular flexibility index (Phi) is 11.5. The van der Waals surface area contributed by atoms with Crippen molar-refractivity contribution in [3.8, 4) is 11.5 Å². The predicted octanol–water partition coefficient (Wildman–Crippen LogP) is 5.59. The summed E-state index contributed by atoms with van der Waals surface area (Å²) in [5.74, 6) is 2.64. The fraction of sp³-hybridized carbons (Fsp3) is 0.706. The molecular formula is C17H29ClO2Si. The Labute approximate surface area is 136 Å². The minimum absolute atomic E-state index is 0.214. The van der Waals surface area contributed by atoms with Crippen LogP contribution in [0.25, 0.3) is 0 Å². The van der Waals surface area contributed by atoms with Crippen LogP contribution in [0.4, 0.5) is 0 Å². The van der Waals surface area contributed by atoms with E-state index >= 15 is 0 Å². The van der Waals surface area contributed by atoms with E-state index in [1.165, 1.54) is 18.1 Å². The molecule has 0 aliphatic heterocycles. The van der Waals surface area contributed by atoms with Gasteiger partial charge in [-0.2, -0.15) is 0 Å². The highest BCUT2D eigenvalue weighted by molar-refractivity contribution is 6.87. The molecule has 0 fully saturated rings. The zero-order valence-corrected chi connectivity index (χ0v) is 15.4. The second-order valence-electron chi connectivity index (χ2n) is 5.51. The zero-order valence-electron chi connectivity index (χ0n) is 13.7. The van der Waals surface area contributed by atoms with Crippen LogP contribution in [0.5, 0.6) is 0 Å². The summed E-state index contributed by atoms with van der Waals surface area (Å²) in [7, 11) is -1.30. The molecule has 0 saturated carbocycles. The lowest BCUT2D eigenvalue weighted by Gasteiger charge is -2.20. The van der Waals surface area contributed by atoms with Crippen LogP contribution in [0.2, 0.25) is 18.1 Å². The molecule has 4 heteroatoms. The Morgan fingerprint density at radius 1 is 1.10 bits per heavy atom. The minimum atomic E-state index is -1.30. The second kappa shape index (κ2) is 11.9. The van der Waals surface area contributed by atoms with Gasteiger partial charge in [0.15, 0.2) is 0 Å². The van der Waals surface area contributed by atoms with Crippen molar-refractivity contribution in [2.75, 3.05) is 0 Å². The summed E-state index contributed by atoms with van der Waals surface area (Å²) in [4.78, 5) is 10.5. The van der Waals surface area contributed by atoms with Gasteiger partial charge in [0.25, 0.3) is 0 Å². The Morgan fingerprint density at radius 2 is 1.67 bits per heavy atom. The van der Waals surface area contributed by atoms with Crippen molar-refractivity contribution < 1.29 is 9.90 Å². The standard InChI is InChI=1S/C17H29ClO2Si/c1-4-21(5-2,6-3)14-9-7-8-11-16(15-18)12-10-13-17(19)20/h15H,4-8,10-13H2,1-3H3,(H,19,20)/b16-15+. The normalized spacial score (nSPS) is 11.9. The van der Waals surface area contributed by atoms with Crippen LogP contribution in [0.1, 0.15) is 59.3 Å². The number of allylic oxidation sites excluding steroid dienone is 1. The first kappa shape index (κ1) is 20.3. The van der Waals surface area contributed by atoms with Crippen molar-refractivity contribution in [1.29, 1.82) is 0 Å². The number of carboxylic acids is 1. The highest BCUT2D eigenvalue weighted by Gasteiger charge is 2.23. The topological polar surface area (TPSA) is 37.3 Å². The van der Waals surface area contributed by atoms with E-state index in [2.05, 4.69) is 32.2 Å². The van der Waals surface area contributed by atoms with Gasteiger partial charge < -0.3 is 5.11 Å². The van der Waals surface area contributed by atoms with Crippen LogP contribution >= 0.6 is 11.6 Å². The number of hydrogen-bond acceptors (Lipinski definition) is 1. The maximum Gasteiger partial charge on any atom is 0.303 e. The molecule has 21 heavy (non-hydrogen) atoms. The lowest BCUT2D eigenvalue weighted by atomic mass is 10.0. The Bertz CT molecular complexity index is 381. The van der Waals surface area contributed by atoms with Gasteiger partial charge in [-0.25, -0.2) is 0 Å². The summed E-state index contributed by atoms with van der Waals surface area (Å²) < 4.78 is 0. The lowest BCUT2D eigenvalue weighted by molar-refractivity contribution is -0.137. The molecule has 120 valence electrons. The number of carbonyl (C=O) groups is 1. The van der Waals surface area contributed by atoms with E-state index in [1.807, 2.05) is 0 Å². The molecule has 0 saturated heterocycles.